The van der Waals surface area contributed by atoms with Crippen molar-refractivity contribution in [2.24, 2.45) is 0 Å². The van der Waals surface area contributed by atoms with E-state index in [-0.39, 0.29) is 5.95 Å². The molecule has 1 aromatic heterocycles. The van der Waals surface area contributed by atoms with Crippen molar-refractivity contribution in [3.63, 3.8) is 0 Å². The highest BCUT2D eigenvalue weighted by atomic mass is 16.2. The maximum Gasteiger partial charge on any atom is 0.325 e. The first-order chi connectivity index (χ1) is 13.5. The molecule has 3 aromatic rings. The predicted octanol–water partition coefficient (Wildman–Crippen LogP) is 2.36. The monoisotopic (exact) mass is 377 g/mol. The van der Waals surface area contributed by atoms with Crippen LogP contribution in [-0.4, -0.2) is 39.3 Å². The third-order valence-electron chi connectivity index (χ3n) is 4.92. The fourth-order valence-corrected chi connectivity index (χ4v) is 3.46. The molecular formula is C20H19N5O3. The number of benzene rings is 2. The standard InChI is InChI=1S/C20H19N5O3/c1-2-20(13-8-4-3-5-9-13)17(27)25(19(28)24-20)12-16(26)23-18-21-14-10-6-7-11-15(14)22-18/h3-11H,2,12H2,1H3,(H,24,28)(H2,21,22,23,26)/t20-/m1/s1. The fourth-order valence-electron chi connectivity index (χ4n) is 3.46. The maximum atomic E-state index is 13.0. The second kappa shape index (κ2) is 6.80. The number of rotatable bonds is 5. The molecule has 0 bridgehead atoms. The Labute approximate surface area is 160 Å². The highest BCUT2D eigenvalue weighted by molar-refractivity contribution is 6.10. The molecule has 0 unspecified atom stereocenters. The molecule has 4 amide bonds. The highest BCUT2D eigenvalue weighted by Crippen LogP contribution is 2.32. The number of nitrogens with one attached hydrogen (secondary N) is 3. The molecular weight excluding hydrogens is 358 g/mol. The molecule has 1 aliphatic heterocycles. The van der Waals surface area contributed by atoms with Crippen molar-refractivity contribution in [3.05, 3.63) is 60.2 Å². The first-order valence-corrected chi connectivity index (χ1v) is 8.98. The first-order valence-electron chi connectivity index (χ1n) is 8.98. The number of hydrogen-bond donors (Lipinski definition) is 3. The number of carbonyl (C=O) groups excluding carboxylic acids is 3. The molecule has 1 atom stereocenters. The molecule has 8 nitrogen and oxygen atoms in total. The van der Waals surface area contributed by atoms with Gasteiger partial charge in [0, 0.05) is 0 Å². The lowest BCUT2D eigenvalue weighted by atomic mass is 9.87. The van der Waals surface area contributed by atoms with Gasteiger partial charge in [-0.15, -0.1) is 0 Å². The van der Waals surface area contributed by atoms with E-state index in [1.807, 2.05) is 49.4 Å². The summed E-state index contributed by atoms with van der Waals surface area (Å²) in [6.07, 6.45) is 0.378. The number of imide groups is 1. The van der Waals surface area contributed by atoms with Gasteiger partial charge in [-0.25, -0.2) is 9.78 Å². The third-order valence-corrected chi connectivity index (χ3v) is 4.92. The van der Waals surface area contributed by atoms with Crippen LogP contribution in [0.15, 0.2) is 54.6 Å². The maximum absolute atomic E-state index is 13.0. The van der Waals surface area contributed by atoms with Crippen LogP contribution in [0.3, 0.4) is 0 Å². The number of para-hydroxylation sites is 2. The Morgan fingerprint density at radius 3 is 2.54 bits per heavy atom. The van der Waals surface area contributed by atoms with Gasteiger partial charge in [0.25, 0.3) is 5.91 Å². The van der Waals surface area contributed by atoms with Crippen LogP contribution in [-0.2, 0) is 15.1 Å². The van der Waals surface area contributed by atoms with Crippen LogP contribution in [0.5, 0.6) is 0 Å². The van der Waals surface area contributed by atoms with Gasteiger partial charge in [-0.2, -0.15) is 0 Å². The average Bonchev–Trinajstić information content (AvgIpc) is 3.22. The third kappa shape index (κ3) is 2.88. The molecule has 3 N–H and O–H groups in total. The lowest BCUT2D eigenvalue weighted by molar-refractivity contribution is -0.134. The zero-order chi connectivity index (χ0) is 19.7. The summed E-state index contributed by atoms with van der Waals surface area (Å²) in [5.41, 5.74) is 1.03. The summed E-state index contributed by atoms with van der Waals surface area (Å²) in [4.78, 5) is 46.1. The molecule has 8 heteroatoms. The van der Waals surface area contributed by atoms with Gasteiger partial charge < -0.3 is 10.3 Å². The topological polar surface area (TPSA) is 107 Å². The van der Waals surface area contributed by atoms with E-state index in [4.69, 9.17) is 0 Å². The lowest BCUT2D eigenvalue weighted by Crippen LogP contribution is -2.44. The molecule has 0 saturated carbocycles. The second-order valence-corrected chi connectivity index (χ2v) is 6.60. The molecule has 0 radical (unpaired) electrons. The number of urea groups is 1. The van der Waals surface area contributed by atoms with Gasteiger partial charge in [0.1, 0.15) is 12.1 Å². The number of fused-ring (bicyclic) bond motifs is 1. The average molecular weight is 377 g/mol. The summed E-state index contributed by atoms with van der Waals surface area (Å²) < 4.78 is 0. The number of H-pyrrole nitrogens is 1. The van der Waals surface area contributed by atoms with Gasteiger partial charge in [0.15, 0.2) is 0 Å². The number of imidazole rings is 1. The Morgan fingerprint density at radius 1 is 1.11 bits per heavy atom. The van der Waals surface area contributed by atoms with E-state index in [0.717, 1.165) is 10.4 Å². The van der Waals surface area contributed by atoms with Crippen molar-refractivity contribution >= 4 is 34.8 Å². The predicted molar refractivity (Wildman–Crippen MR) is 103 cm³/mol. The van der Waals surface area contributed by atoms with Gasteiger partial charge in [0.05, 0.1) is 11.0 Å². The largest absolute Gasteiger partial charge is 0.325 e. The number of amides is 4. The quantitative estimate of drug-likeness (QED) is 0.593. The smallest absolute Gasteiger partial charge is 0.324 e. The summed E-state index contributed by atoms with van der Waals surface area (Å²) in [6.45, 7) is 1.43. The van der Waals surface area contributed by atoms with E-state index in [1.54, 1.807) is 12.1 Å². The van der Waals surface area contributed by atoms with E-state index < -0.39 is 29.9 Å². The van der Waals surface area contributed by atoms with Gasteiger partial charge >= 0.3 is 6.03 Å². The number of aromatic nitrogens is 2. The van der Waals surface area contributed by atoms with Crippen molar-refractivity contribution in [1.82, 2.24) is 20.2 Å². The Bertz CT molecular complexity index is 1030. The molecule has 1 aliphatic rings. The van der Waals surface area contributed by atoms with Crippen LogP contribution >= 0.6 is 0 Å². The Hall–Kier alpha value is -3.68. The van der Waals surface area contributed by atoms with E-state index in [9.17, 15) is 14.4 Å². The van der Waals surface area contributed by atoms with Crippen LogP contribution in [0.25, 0.3) is 11.0 Å². The molecule has 1 saturated heterocycles. The molecule has 2 aromatic carbocycles. The number of aromatic amines is 1. The first kappa shape index (κ1) is 17.7. The van der Waals surface area contributed by atoms with Crippen molar-refractivity contribution in [3.8, 4) is 0 Å². The number of hydrogen-bond acceptors (Lipinski definition) is 4. The van der Waals surface area contributed by atoms with Crippen LogP contribution in [0, 0.1) is 0 Å². The van der Waals surface area contributed by atoms with Gasteiger partial charge in [-0.1, -0.05) is 49.4 Å². The van der Waals surface area contributed by atoms with Crippen LogP contribution in [0.1, 0.15) is 18.9 Å². The molecule has 142 valence electrons. The molecule has 0 spiro atoms. The van der Waals surface area contributed by atoms with Gasteiger partial charge in [0.2, 0.25) is 11.9 Å². The Balaban J connectivity index is 1.52. The molecule has 28 heavy (non-hydrogen) atoms. The van der Waals surface area contributed by atoms with Crippen LogP contribution < -0.4 is 10.6 Å². The second-order valence-electron chi connectivity index (χ2n) is 6.60. The normalized spacial score (nSPS) is 19.1. The zero-order valence-corrected chi connectivity index (χ0v) is 15.2. The minimum atomic E-state index is -1.15. The number of carbonyl (C=O) groups is 3. The van der Waals surface area contributed by atoms with Crippen molar-refractivity contribution in [2.75, 3.05) is 11.9 Å². The van der Waals surface area contributed by atoms with E-state index in [1.165, 1.54) is 0 Å². The van der Waals surface area contributed by atoms with Crippen LogP contribution in [0.4, 0.5) is 10.7 Å². The Morgan fingerprint density at radius 2 is 1.82 bits per heavy atom. The minimum Gasteiger partial charge on any atom is -0.324 e. The van der Waals surface area contributed by atoms with Gasteiger partial charge in [-0.05, 0) is 24.1 Å². The zero-order valence-electron chi connectivity index (χ0n) is 15.2. The highest BCUT2D eigenvalue weighted by Gasteiger charge is 2.51. The fraction of sp³-hybridized carbons (Fsp3) is 0.200. The van der Waals surface area contributed by atoms with Gasteiger partial charge in [-0.3, -0.25) is 19.8 Å². The van der Waals surface area contributed by atoms with Crippen molar-refractivity contribution in [2.45, 2.75) is 18.9 Å². The van der Waals surface area contributed by atoms with Crippen molar-refractivity contribution < 1.29 is 14.4 Å². The summed E-state index contributed by atoms with van der Waals surface area (Å²) >= 11 is 0. The van der Waals surface area contributed by atoms with E-state index in [2.05, 4.69) is 20.6 Å². The van der Waals surface area contributed by atoms with Crippen molar-refractivity contribution in [1.29, 1.82) is 0 Å². The summed E-state index contributed by atoms with van der Waals surface area (Å²) in [7, 11) is 0. The number of nitrogens with zero attached hydrogens (tertiary/aromatic N) is 2. The lowest BCUT2D eigenvalue weighted by Gasteiger charge is -2.25. The summed E-state index contributed by atoms with van der Waals surface area (Å²) in [6, 6.07) is 15.8. The molecule has 2 heterocycles. The van der Waals surface area contributed by atoms with E-state index >= 15 is 0 Å². The SMILES string of the molecule is CC[C@]1(c2ccccc2)NC(=O)N(CC(=O)Nc2nc3ccccc3[nH]2)C1=O. The van der Waals surface area contributed by atoms with E-state index in [0.29, 0.717) is 17.5 Å². The molecule has 1 fully saturated rings. The summed E-state index contributed by atoms with van der Waals surface area (Å²) in [5, 5.41) is 5.36. The molecule has 4 rings (SSSR count). The molecule has 0 aliphatic carbocycles. The minimum absolute atomic E-state index is 0.267. The number of anilines is 1. The Kier molecular flexibility index (Phi) is 4.31. The summed E-state index contributed by atoms with van der Waals surface area (Å²) in [5.74, 6) is -0.684. The van der Waals surface area contributed by atoms with Crippen LogP contribution in [0.2, 0.25) is 0 Å².